The van der Waals surface area contributed by atoms with E-state index in [1.54, 1.807) is 0 Å². The minimum absolute atomic E-state index is 0.390. The Morgan fingerprint density at radius 2 is 1.08 bits per heavy atom. The molecule has 0 aromatic heterocycles. The molecule has 2 rings (SSSR count). The summed E-state index contributed by atoms with van der Waals surface area (Å²) >= 11 is 0. The van der Waals surface area contributed by atoms with E-state index in [2.05, 4.69) is 30.8 Å². The van der Waals surface area contributed by atoms with Crippen molar-refractivity contribution in [1.29, 1.82) is 0 Å². The molecule has 24 heavy (non-hydrogen) atoms. The van der Waals surface area contributed by atoms with Gasteiger partial charge in [0.25, 0.3) is 0 Å². The van der Waals surface area contributed by atoms with Gasteiger partial charge in [0.1, 0.15) is 0 Å². The van der Waals surface area contributed by atoms with Gasteiger partial charge in [-0.3, -0.25) is 0 Å². The lowest BCUT2D eigenvalue weighted by atomic mass is 9.96. The summed E-state index contributed by atoms with van der Waals surface area (Å²) in [5, 5.41) is 20.3. The highest BCUT2D eigenvalue weighted by molar-refractivity contribution is 5.15. The quantitative estimate of drug-likeness (QED) is 0.639. The number of rotatable bonds is 10. The first-order valence-electron chi connectivity index (χ1n) is 8.74. The molecule has 0 radical (unpaired) electrons. The predicted octanol–water partition coefficient (Wildman–Crippen LogP) is 4.31. The molecule has 0 heterocycles. The molecule has 0 saturated heterocycles. The molecule has 2 nitrogen and oxygen atoms in total. The normalized spacial score (nSPS) is 13.4. The zero-order chi connectivity index (χ0) is 17.2. The average Bonchev–Trinajstić information content (AvgIpc) is 2.60. The molecule has 2 N–H and O–H groups in total. The van der Waals surface area contributed by atoms with Crippen molar-refractivity contribution in [2.24, 2.45) is 0 Å². The Labute approximate surface area is 145 Å². The largest absolute Gasteiger partial charge is 0.393 e. The molecule has 0 saturated carbocycles. The fourth-order valence-electron chi connectivity index (χ4n) is 2.91. The van der Waals surface area contributed by atoms with E-state index >= 15 is 0 Å². The summed E-state index contributed by atoms with van der Waals surface area (Å²) < 4.78 is 0. The first-order chi connectivity index (χ1) is 11.6. The lowest BCUT2D eigenvalue weighted by molar-refractivity contribution is 0.146. The minimum atomic E-state index is -0.390. The van der Waals surface area contributed by atoms with Gasteiger partial charge in [-0.25, -0.2) is 0 Å². The Morgan fingerprint density at radius 1 is 0.708 bits per heavy atom. The van der Waals surface area contributed by atoms with E-state index in [4.69, 9.17) is 0 Å². The maximum absolute atomic E-state index is 10.2. The molecular formula is C22H28O2. The Bertz CT molecular complexity index is 538. The molecule has 0 spiro atoms. The van der Waals surface area contributed by atoms with Crippen molar-refractivity contribution >= 4 is 0 Å². The van der Waals surface area contributed by atoms with Crippen molar-refractivity contribution in [2.75, 3.05) is 0 Å². The van der Waals surface area contributed by atoms with Gasteiger partial charge < -0.3 is 10.2 Å². The zero-order valence-corrected chi connectivity index (χ0v) is 14.3. The molecule has 0 aliphatic rings. The van der Waals surface area contributed by atoms with Crippen LogP contribution in [0.15, 0.2) is 72.8 Å². The third kappa shape index (κ3) is 7.12. The van der Waals surface area contributed by atoms with Gasteiger partial charge in [0.05, 0.1) is 12.2 Å². The molecule has 0 fully saturated rings. The number of hydrogen-bond acceptors (Lipinski definition) is 2. The lowest BCUT2D eigenvalue weighted by Crippen LogP contribution is -2.13. The second-order valence-corrected chi connectivity index (χ2v) is 6.51. The molecule has 2 unspecified atom stereocenters. The molecule has 0 aliphatic heterocycles. The second kappa shape index (κ2) is 10.1. The van der Waals surface area contributed by atoms with Gasteiger partial charge >= 0.3 is 0 Å². The van der Waals surface area contributed by atoms with Gasteiger partial charge in [-0.2, -0.15) is 0 Å². The number of aliphatic hydroxyl groups is 2. The van der Waals surface area contributed by atoms with E-state index in [0.29, 0.717) is 12.8 Å². The van der Waals surface area contributed by atoms with E-state index in [-0.39, 0.29) is 12.2 Å². The topological polar surface area (TPSA) is 40.5 Å². The van der Waals surface area contributed by atoms with Crippen LogP contribution in [0.5, 0.6) is 0 Å². The predicted molar refractivity (Wildman–Crippen MR) is 99.9 cm³/mol. The molecule has 128 valence electrons. The Hall–Kier alpha value is -1.90. The van der Waals surface area contributed by atoms with Crippen LogP contribution in [0, 0.1) is 0 Å². The van der Waals surface area contributed by atoms with Crippen LogP contribution < -0.4 is 0 Å². The molecule has 2 atom stereocenters. The van der Waals surface area contributed by atoms with Crippen LogP contribution in [0.25, 0.3) is 0 Å². The highest BCUT2D eigenvalue weighted by Gasteiger charge is 2.11. The highest BCUT2D eigenvalue weighted by atomic mass is 16.3. The summed E-state index contributed by atoms with van der Waals surface area (Å²) in [6.07, 6.45) is 3.53. The molecule has 0 bridgehead atoms. The van der Waals surface area contributed by atoms with Crippen LogP contribution in [-0.4, -0.2) is 22.4 Å². The van der Waals surface area contributed by atoms with E-state index in [1.165, 1.54) is 11.1 Å². The number of aryl methyl sites for hydroxylation is 2. The maximum atomic E-state index is 10.2. The van der Waals surface area contributed by atoms with E-state index in [1.807, 2.05) is 36.4 Å². The maximum Gasteiger partial charge on any atom is 0.0580 e. The van der Waals surface area contributed by atoms with Gasteiger partial charge in [0.15, 0.2) is 0 Å². The minimum Gasteiger partial charge on any atom is -0.393 e. The van der Waals surface area contributed by atoms with Crippen LogP contribution in [0.1, 0.15) is 36.8 Å². The fraction of sp³-hybridized carbons (Fsp3) is 0.364. The van der Waals surface area contributed by atoms with Gasteiger partial charge in [-0.15, -0.1) is 0 Å². The average molecular weight is 324 g/mol. The molecule has 2 aromatic rings. The van der Waals surface area contributed by atoms with Crippen molar-refractivity contribution in [2.45, 2.75) is 50.7 Å². The Morgan fingerprint density at radius 3 is 1.46 bits per heavy atom. The van der Waals surface area contributed by atoms with Gasteiger partial charge in [-0.1, -0.05) is 72.8 Å². The summed E-state index contributed by atoms with van der Waals surface area (Å²) in [5.41, 5.74) is 3.41. The standard InChI is InChI=1S/C22H28O2/c1-18(16-21(23)14-12-19-8-4-2-5-9-19)17-22(24)15-13-20-10-6-3-7-11-20/h2-11,21-24H,1,12-17H2. The summed E-state index contributed by atoms with van der Waals surface area (Å²) in [4.78, 5) is 0. The SMILES string of the molecule is C=C(CC(O)CCc1ccccc1)CC(O)CCc1ccccc1. The van der Waals surface area contributed by atoms with E-state index in [0.717, 1.165) is 31.3 Å². The van der Waals surface area contributed by atoms with Crippen LogP contribution in [0.4, 0.5) is 0 Å². The van der Waals surface area contributed by atoms with Gasteiger partial charge in [0, 0.05) is 0 Å². The summed E-state index contributed by atoms with van der Waals surface area (Å²) in [6.45, 7) is 4.02. The van der Waals surface area contributed by atoms with Crippen molar-refractivity contribution in [1.82, 2.24) is 0 Å². The van der Waals surface area contributed by atoms with Crippen molar-refractivity contribution in [3.05, 3.63) is 83.9 Å². The second-order valence-electron chi connectivity index (χ2n) is 6.51. The monoisotopic (exact) mass is 324 g/mol. The Kier molecular flexibility index (Phi) is 7.73. The van der Waals surface area contributed by atoms with Crippen molar-refractivity contribution in [3.8, 4) is 0 Å². The Balaban J connectivity index is 1.64. The molecular weight excluding hydrogens is 296 g/mol. The molecule has 0 amide bonds. The van der Waals surface area contributed by atoms with Crippen LogP contribution in [0.2, 0.25) is 0 Å². The highest BCUT2D eigenvalue weighted by Crippen LogP contribution is 2.17. The van der Waals surface area contributed by atoms with Crippen LogP contribution in [0.3, 0.4) is 0 Å². The van der Waals surface area contributed by atoms with Gasteiger partial charge in [-0.05, 0) is 49.7 Å². The zero-order valence-electron chi connectivity index (χ0n) is 14.3. The summed E-state index contributed by atoms with van der Waals surface area (Å²) in [5.74, 6) is 0. The first-order valence-corrected chi connectivity index (χ1v) is 8.74. The van der Waals surface area contributed by atoms with Crippen LogP contribution in [-0.2, 0) is 12.8 Å². The lowest BCUT2D eigenvalue weighted by Gasteiger charge is -2.16. The number of hydrogen-bond donors (Lipinski definition) is 2. The summed E-state index contributed by atoms with van der Waals surface area (Å²) in [7, 11) is 0. The first kappa shape index (κ1) is 18.4. The third-order valence-corrected chi connectivity index (χ3v) is 4.27. The van der Waals surface area contributed by atoms with E-state index < -0.39 is 0 Å². The summed E-state index contributed by atoms with van der Waals surface area (Å²) in [6, 6.07) is 20.4. The van der Waals surface area contributed by atoms with Crippen molar-refractivity contribution in [3.63, 3.8) is 0 Å². The fourth-order valence-corrected chi connectivity index (χ4v) is 2.91. The molecule has 0 aliphatic carbocycles. The molecule has 2 heteroatoms. The third-order valence-electron chi connectivity index (χ3n) is 4.27. The van der Waals surface area contributed by atoms with Crippen LogP contribution >= 0.6 is 0 Å². The van der Waals surface area contributed by atoms with Gasteiger partial charge in [0.2, 0.25) is 0 Å². The number of benzene rings is 2. The smallest absolute Gasteiger partial charge is 0.0580 e. The van der Waals surface area contributed by atoms with Crippen molar-refractivity contribution < 1.29 is 10.2 Å². The van der Waals surface area contributed by atoms with E-state index in [9.17, 15) is 10.2 Å². The molecule has 2 aromatic carbocycles. The number of aliphatic hydroxyl groups excluding tert-OH is 2.